The zero-order chi connectivity index (χ0) is 6.78. The van der Waals surface area contributed by atoms with Gasteiger partial charge in [0.25, 0.3) is 0 Å². The quantitative estimate of drug-likeness (QED) is 0.456. The molecule has 0 aliphatic rings. The monoisotopic (exact) mass is 358 g/mol. The van der Waals surface area contributed by atoms with Gasteiger partial charge in [-0.1, -0.05) is 0 Å². The van der Waals surface area contributed by atoms with Gasteiger partial charge >= 0.3 is 15.4 Å². The van der Waals surface area contributed by atoms with Gasteiger partial charge in [-0.3, -0.25) is 0 Å². The van der Waals surface area contributed by atoms with Crippen molar-refractivity contribution < 1.29 is 76.3 Å². The average molecular weight is 358 g/mol. The Bertz CT molecular complexity index is 188. The molecular weight excluding hydrogens is 353 g/mol. The number of nitrogens with zero attached hydrogens (tertiary/aromatic N) is 1. The molecule has 0 aromatic rings. The Morgan fingerprint density at radius 2 is 1.73 bits per heavy atom. The fourth-order valence-electron chi connectivity index (χ4n) is 0.0848. The van der Waals surface area contributed by atoms with Crippen molar-refractivity contribution in [1.82, 2.24) is 6.15 Å². The maximum atomic E-state index is 9.56. The van der Waals surface area contributed by atoms with E-state index < -0.39 is 15.4 Å². The van der Waals surface area contributed by atoms with E-state index in [1.54, 1.807) is 0 Å². The molecule has 11 heteroatoms. The molecule has 1 radical (unpaired) electrons. The Hall–Kier alpha value is 0.953. The molecule has 0 bridgehead atoms. The molecule has 0 spiro atoms. The third-order valence-electron chi connectivity index (χ3n) is 0.165. The van der Waals surface area contributed by atoms with Crippen LogP contribution in [0.15, 0.2) is 0 Å². The first-order chi connectivity index (χ1) is 3.42. The summed E-state index contributed by atoms with van der Waals surface area (Å²) in [7, 11) is -4.42. The minimum atomic E-state index is -4.42. The Kier molecular flexibility index (Phi) is 18.6. The summed E-state index contributed by atoms with van der Waals surface area (Å²) >= 11 is 0. The van der Waals surface area contributed by atoms with Gasteiger partial charge < -0.3 is 6.15 Å². The van der Waals surface area contributed by atoms with Crippen LogP contribution in [0, 0.1) is 51.9 Å². The van der Waals surface area contributed by atoms with E-state index in [9.17, 15) is 8.42 Å². The van der Waals surface area contributed by atoms with Gasteiger partial charge in [0.2, 0.25) is 0 Å². The van der Waals surface area contributed by atoms with Crippen LogP contribution in [0.1, 0.15) is 0 Å². The second-order valence-electron chi connectivity index (χ2n) is 0.791. The van der Waals surface area contributed by atoms with Crippen LogP contribution in [0.2, 0.25) is 0 Å². The summed E-state index contributed by atoms with van der Waals surface area (Å²) in [6, 6.07) is 0. The molecule has 0 aromatic heterocycles. The predicted octanol–water partition coefficient (Wildman–Crippen LogP) is -1.44. The second kappa shape index (κ2) is 9.04. The van der Waals surface area contributed by atoms with Crippen molar-refractivity contribution >= 4 is 10.3 Å². The summed E-state index contributed by atoms with van der Waals surface area (Å²) < 4.78 is 22.0. The van der Waals surface area contributed by atoms with E-state index in [1.165, 1.54) is 0 Å². The Morgan fingerprint density at radius 3 is 1.73 bits per heavy atom. The molecule has 69 valence electrons. The topological polar surface area (TPSA) is 148 Å². The summed E-state index contributed by atoms with van der Waals surface area (Å²) in [5.74, 6) is 0. The minimum Gasteiger partial charge on any atom is -0.344 e. The number of hydrogen-bond donors (Lipinski definition) is 2. The average Bonchev–Trinajstić information content (AvgIpc) is 1.21. The van der Waals surface area contributed by atoms with E-state index in [2.05, 4.69) is 9.42 Å². The van der Waals surface area contributed by atoms with Crippen LogP contribution >= 0.6 is 0 Å². The van der Waals surface area contributed by atoms with Crippen molar-refractivity contribution in [3.8, 4) is 0 Å². The first-order valence-corrected chi connectivity index (χ1v) is 2.75. The van der Waals surface area contributed by atoms with E-state index in [4.69, 9.17) is 10.1 Å². The Balaban J connectivity index is -0.0000000817. The molecule has 11 heavy (non-hydrogen) atoms. The van der Waals surface area contributed by atoms with Crippen molar-refractivity contribution in [2.75, 3.05) is 0 Å². The van der Waals surface area contributed by atoms with Gasteiger partial charge in [-0.25, -0.2) is 5.14 Å². The predicted molar refractivity (Wildman–Crippen MR) is 26.2 cm³/mol. The van der Waals surface area contributed by atoms with E-state index in [0.717, 1.165) is 0 Å². The molecule has 0 saturated carbocycles. The maximum absolute atomic E-state index is 9.56. The summed E-state index contributed by atoms with van der Waals surface area (Å²) in [6.45, 7) is 0. The molecule has 8 nitrogen and oxygen atoms in total. The Morgan fingerprint density at radius 1 is 1.45 bits per heavy atom. The summed E-state index contributed by atoms with van der Waals surface area (Å²) in [6.07, 6.45) is 0. The molecule has 0 amide bonds. The minimum absolute atomic E-state index is 0. The molecule has 0 fully saturated rings. The number of hydrogen-bond acceptors (Lipinski definition) is 6. The van der Waals surface area contributed by atoms with Gasteiger partial charge in [-0.15, -0.1) is 10.1 Å². The zero-order valence-corrected chi connectivity index (χ0v) is 10.0. The molecule has 0 aromatic carbocycles. The molecule has 0 heterocycles. The van der Waals surface area contributed by atoms with Crippen molar-refractivity contribution in [3.05, 3.63) is 10.1 Å². The maximum Gasteiger partial charge on any atom is 0.368 e. The third-order valence-corrected chi connectivity index (χ3v) is 0.494. The van der Waals surface area contributed by atoms with E-state index in [0.29, 0.717) is 0 Å². The van der Waals surface area contributed by atoms with E-state index in [-0.39, 0.29) is 64.7 Å². The first-order valence-electron chi connectivity index (χ1n) is 1.28. The van der Waals surface area contributed by atoms with Crippen LogP contribution in [0.25, 0.3) is 0 Å². The Labute approximate surface area is 107 Å². The zero-order valence-electron chi connectivity index (χ0n) is 5.01. The summed E-state index contributed by atoms with van der Waals surface area (Å²) in [5.41, 5.74) is 0. The van der Waals surface area contributed by atoms with Gasteiger partial charge in [-0.2, -0.15) is 12.7 Å². The van der Waals surface area contributed by atoms with Crippen molar-refractivity contribution in [1.29, 1.82) is 0 Å². The molecule has 5 N–H and O–H groups in total. The standard InChI is InChI=1S/Ce.Co.H2N2O5S.H3N/c;;1-8(5,6)7-2(3)4;/h;;(H2,1,5,6);1H3. The smallest absolute Gasteiger partial charge is 0.344 e. The van der Waals surface area contributed by atoms with Crippen LogP contribution in [-0.2, 0) is 31.4 Å². The summed E-state index contributed by atoms with van der Waals surface area (Å²) in [4.78, 5) is 9.14. The van der Waals surface area contributed by atoms with Crippen LogP contribution in [0.3, 0.4) is 0 Å². The molecule has 0 aliphatic heterocycles. The summed E-state index contributed by atoms with van der Waals surface area (Å²) in [5, 5.41) is 11.7. The number of nitrogens with two attached hydrogens (primary N) is 1. The van der Waals surface area contributed by atoms with Gasteiger partial charge in [0.05, 0.1) is 0 Å². The SMILES string of the molecule is N.NS(=O)(=O)O[N+](=O)[O-].[Ce].[Co]. The third kappa shape index (κ3) is 24.8. The van der Waals surface area contributed by atoms with E-state index >= 15 is 0 Å². The van der Waals surface area contributed by atoms with Crippen LogP contribution in [0.5, 0.6) is 0 Å². The number of rotatable bonds is 2. The van der Waals surface area contributed by atoms with Gasteiger partial charge in [0.15, 0.2) is 0 Å². The molecular formula is H5CeCoN3O5S. The fourth-order valence-corrected chi connectivity index (χ4v) is 0.254. The molecule has 0 rings (SSSR count). The van der Waals surface area contributed by atoms with Crippen LogP contribution in [-0.4, -0.2) is 13.5 Å². The normalized spacial score (nSPS) is 7.73. The van der Waals surface area contributed by atoms with Crippen LogP contribution < -0.4 is 11.3 Å². The fraction of sp³-hybridized carbons (Fsp3) is 0. The molecule has 0 unspecified atom stereocenters. The van der Waals surface area contributed by atoms with Crippen molar-refractivity contribution in [3.63, 3.8) is 0 Å². The van der Waals surface area contributed by atoms with Crippen molar-refractivity contribution in [2.24, 2.45) is 5.14 Å². The second-order valence-corrected chi connectivity index (χ2v) is 1.93. The molecule has 0 aliphatic carbocycles. The molecule has 0 atom stereocenters. The first kappa shape index (κ1) is 22.7. The van der Waals surface area contributed by atoms with Crippen LogP contribution in [0.4, 0.5) is 0 Å². The van der Waals surface area contributed by atoms with Gasteiger partial charge in [0, 0.05) is 58.5 Å². The van der Waals surface area contributed by atoms with Gasteiger partial charge in [-0.05, 0) is 0 Å². The van der Waals surface area contributed by atoms with Crippen molar-refractivity contribution in [2.45, 2.75) is 0 Å². The van der Waals surface area contributed by atoms with E-state index in [1.807, 2.05) is 0 Å². The van der Waals surface area contributed by atoms with Gasteiger partial charge in [0.1, 0.15) is 0 Å². The molecule has 0 saturated heterocycles. The largest absolute Gasteiger partial charge is 0.368 e.